The van der Waals surface area contributed by atoms with Crippen LogP contribution in [0.4, 0.5) is 0 Å². The fourth-order valence-electron chi connectivity index (χ4n) is 1.60. The summed E-state index contributed by atoms with van der Waals surface area (Å²) in [7, 11) is 0. The highest BCUT2D eigenvalue weighted by Crippen LogP contribution is 2.05. The lowest BCUT2D eigenvalue weighted by atomic mass is 10.1. The topological polar surface area (TPSA) is 64.4 Å². The number of hydroxylamine groups is 1. The van der Waals surface area contributed by atoms with Crippen LogP contribution in [0.25, 0.3) is 0 Å². The second-order valence-corrected chi connectivity index (χ2v) is 4.59. The SMILES string of the molecule is NC(=S)c1ccc(C(=O)NOCc2ccccc2)cc1. The molecule has 0 aliphatic carbocycles. The van der Waals surface area contributed by atoms with Crippen molar-refractivity contribution in [3.05, 3.63) is 71.3 Å². The fraction of sp³-hybridized carbons (Fsp3) is 0.0667. The lowest BCUT2D eigenvalue weighted by Crippen LogP contribution is -2.23. The highest BCUT2D eigenvalue weighted by molar-refractivity contribution is 7.80. The van der Waals surface area contributed by atoms with Crippen molar-refractivity contribution in [1.82, 2.24) is 5.48 Å². The molecule has 0 saturated heterocycles. The Balaban J connectivity index is 1.87. The highest BCUT2D eigenvalue weighted by atomic mass is 32.1. The quantitative estimate of drug-likeness (QED) is 0.653. The molecular formula is C15H14N2O2S. The Kier molecular flexibility index (Phi) is 4.81. The Morgan fingerprint density at radius 2 is 1.65 bits per heavy atom. The smallest absolute Gasteiger partial charge is 0.274 e. The van der Waals surface area contributed by atoms with E-state index >= 15 is 0 Å². The van der Waals surface area contributed by atoms with Gasteiger partial charge in [0.15, 0.2) is 0 Å². The number of benzene rings is 2. The Bertz CT molecular complexity index is 597. The lowest BCUT2D eigenvalue weighted by molar-refractivity contribution is 0.0233. The van der Waals surface area contributed by atoms with Crippen molar-refractivity contribution < 1.29 is 9.63 Å². The van der Waals surface area contributed by atoms with E-state index in [0.29, 0.717) is 17.2 Å². The zero-order chi connectivity index (χ0) is 14.4. The van der Waals surface area contributed by atoms with Gasteiger partial charge in [0.1, 0.15) is 4.99 Å². The molecule has 0 bridgehead atoms. The Labute approximate surface area is 122 Å². The largest absolute Gasteiger partial charge is 0.389 e. The molecule has 20 heavy (non-hydrogen) atoms. The average molecular weight is 286 g/mol. The van der Waals surface area contributed by atoms with Crippen LogP contribution < -0.4 is 11.2 Å². The maximum absolute atomic E-state index is 11.8. The van der Waals surface area contributed by atoms with E-state index in [2.05, 4.69) is 5.48 Å². The van der Waals surface area contributed by atoms with E-state index in [1.807, 2.05) is 30.3 Å². The minimum atomic E-state index is -0.310. The number of thiocarbonyl (C=S) groups is 1. The second-order valence-electron chi connectivity index (χ2n) is 4.15. The number of amides is 1. The van der Waals surface area contributed by atoms with E-state index in [-0.39, 0.29) is 5.91 Å². The van der Waals surface area contributed by atoms with E-state index < -0.39 is 0 Å². The molecule has 0 aromatic heterocycles. The molecule has 0 aliphatic heterocycles. The highest BCUT2D eigenvalue weighted by Gasteiger charge is 2.06. The number of hydrogen-bond donors (Lipinski definition) is 2. The molecule has 0 saturated carbocycles. The van der Waals surface area contributed by atoms with Crippen LogP contribution in [0.3, 0.4) is 0 Å². The van der Waals surface area contributed by atoms with Gasteiger partial charge in [-0.1, -0.05) is 54.7 Å². The normalized spacial score (nSPS) is 10.0. The molecule has 4 nitrogen and oxygen atoms in total. The van der Waals surface area contributed by atoms with E-state index in [9.17, 15) is 4.79 Å². The van der Waals surface area contributed by atoms with Gasteiger partial charge in [0, 0.05) is 11.1 Å². The minimum Gasteiger partial charge on any atom is -0.389 e. The first-order chi connectivity index (χ1) is 9.66. The van der Waals surface area contributed by atoms with Crippen molar-refractivity contribution in [2.45, 2.75) is 6.61 Å². The van der Waals surface area contributed by atoms with E-state index in [4.69, 9.17) is 22.8 Å². The molecule has 0 atom stereocenters. The molecule has 0 spiro atoms. The summed E-state index contributed by atoms with van der Waals surface area (Å²) in [6, 6.07) is 16.3. The first kappa shape index (κ1) is 14.2. The second kappa shape index (κ2) is 6.79. The molecule has 2 aromatic carbocycles. The maximum Gasteiger partial charge on any atom is 0.274 e. The van der Waals surface area contributed by atoms with Crippen LogP contribution in [-0.4, -0.2) is 10.9 Å². The third-order valence-electron chi connectivity index (χ3n) is 2.68. The molecule has 2 aromatic rings. The summed E-state index contributed by atoms with van der Waals surface area (Å²) < 4.78 is 0. The third-order valence-corrected chi connectivity index (χ3v) is 2.91. The predicted molar refractivity (Wildman–Crippen MR) is 81.0 cm³/mol. The summed E-state index contributed by atoms with van der Waals surface area (Å²) in [6.45, 7) is 0.317. The Morgan fingerprint density at radius 1 is 1.05 bits per heavy atom. The standard InChI is InChI=1S/C15H14N2O2S/c16-14(20)12-6-8-13(9-7-12)15(18)17-19-10-11-4-2-1-3-5-11/h1-9H,10H2,(H2,16,20)(H,17,18). The fourth-order valence-corrected chi connectivity index (χ4v) is 1.74. The molecule has 0 fully saturated rings. The zero-order valence-corrected chi connectivity index (χ0v) is 11.5. The van der Waals surface area contributed by atoms with Gasteiger partial charge in [-0.15, -0.1) is 0 Å². The van der Waals surface area contributed by atoms with Crippen LogP contribution in [0.15, 0.2) is 54.6 Å². The molecule has 3 N–H and O–H groups in total. The van der Waals surface area contributed by atoms with Gasteiger partial charge in [0.25, 0.3) is 5.91 Å². The molecular weight excluding hydrogens is 272 g/mol. The van der Waals surface area contributed by atoms with Gasteiger partial charge in [0.2, 0.25) is 0 Å². The van der Waals surface area contributed by atoms with Gasteiger partial charge in [-0.3, -0.25) is 9.63 Å². The van der Waals surface area contributed by atoms with Gasteiger partial charge in [-0.2, -0.15) is 0 Å². The molecule has 0 aliphatic rings. The van der Waals surface area contributed by atoms with Crippen molar-refractivity contribution in [1.29, 1.82) is 0 Å². The van der Waals surface area contributed by atoms with Crippen LogP contribution in [-0.2, 0) is 11.4 Å². The number of hydrogen-bond acceptors (Lipinski definition) is 3. The summed E-state index contributed by atoms with van der Waals surface area (Å²) in [6.07, 6.45) is 0. The van der Waals surface area contributed by atoms with Crippen molar-refractivity contribution >= 4 is 23.1 Å². The van der Waals surface area contributed by atoms with Gasteiger partial charge >= 0.3 is 0 Å². The van der Waals surface area contributed by atoms with Crippen LogP contribution in [0, 0.1) is 0 Å². The first-order valence-corrected chi connectivity index (χ1v) is 6.43. The van der Waals surface area contributed by atoms with Gasteiger partial charge in [0.05, 0.1) is 6.61 Å². The summed E-state index contributed by atoms with van der Waals surface area (Å²) in [4.78, 5) is 17.3. The molecule has 5 heteroatoms. The minimum absolute atomic E-state index is 0.303. The van der Waals surface area contributed by atoms with Gasteiger partial charge in [-0.05, 0) is 17.7 Å². The zero-order valence-electron chi connectivity index (χ0n) is 10.7. The van der Waals surface area contributed by atoms with E-state index in [1.54, 1.807) is 24.3 Å². The van der Waals surface area contributed by atoms with Crippen LogP contribution in [0.1, 0.15) is 21.5 Å². The molecule has 2 rings (SSSR count). The summed E-state index contributed by atoms with van der Waals surface area (Å²) in [5, 5.41) is 0. The van der Waals surface area contributed by atoms with E-state index in [1.165, 1.54) is 0 Å². The monoisotopic (exact) mass is 286 g/mol. The van der Waals surface area contributed by atoms with Gasteiger partial charge < -0.3 is 5.73 Å². The number of carbonyl (C=O) groups is 1. The molecule has 0 radical (unpaired) electrons. The van der Waals surface area contributed by atoms with Crippen LogP contribution in [0.5, 0.6) is 0 Å². The summed E-state index contributed by atoms with van der Waals surface area (Å²) >= 11 is 4.85. The molecule has 0 heterocycles. The van der Waals surface area contributed by atoms with Crippen molar-refractivity contribution in [2.75, 3.05) is 0 Å². The molecule has 1 amide bonds. The Hall–Kier alpha value is -2.24. The van der Waals surface area contributed by atoms with Crippen molar-refractivity contribution in [3.63, 3.8) is 0 Å². The Morgan fingerprint density at radius 3 is 2.25 bits per heavy atom. The van der Waals surface area contributed by atoms with Crippen LogP contribution >= 0.6 is 12.2 Å². The average Bonchev–Trinajstić information content (AvgIpc) is 2.48. The summed E-state index contributed by atoms with van der Waals surface area (Å²) in [5.74, 6) is -0.310. The molecule has 102 valence electrons. The van der Waals surface area contributed by atoms with Crippen molar-refractivity contribution in [3.8, 4) is 0 Å². The number of nitrogens with one attached hydrogen (secondary N) is 1. The summed E-state index contributed by atoms with van der Waals surface area (Å²) in [5.41, 5.74) is 10.1. The number of rotatable bonds is 5. The van der Waals surface area contributed by atoms with Crippen LogP contribution in [0.2, 0.25) is 0 Å². The lowest BCUT2D eigenvalue weighted by Gasteiger charge is -2.06. The van der Waals surface area contributed by atoms with Crippen molar-refractivity contribution in [2.24, 2.45) is 5.73 Å². The van der Waals surface area contributed by atoms with Gasteiger partial charge in [-0.25, -0.2) is 5.48 Å². The number of carbonyl (C=O) groups excluding carboxylic acids is 1. The number of nitrogens with two attached hydrogens (primary N) is 1. The van der Waals surface area contributed by atoms with E-state index in [0.717, 1.165) is 11.1 Å². The third kappa shape index (κ3) is 3.88. The molecule has 0 unspecified atom stereocenters. The predicted octanol–water partition coefficient (Wildman–Crippen LogP) is 2.18. The maximum atomic E-state index is 11.8. The first-order valence-electron chi connectivity index (χ1n) is 6.03.